The van der Waals surface area contributed by atoms with Crippen LogP contribution in [-0.2, 0) is 21.3 Å². The summed E-state index contributed by atoms with van der Waals surface area (Å²) in [6, 6.07) is 5.64. The molecule has 1 aromatic carbocycles. The summed E-state index contributed by atoms with van der Waals surface area (Å²) < 4.78 is 29.8. The third-order valence-electron chi connectivity index (χ3n) is 3.72. The maximum atomic E-state index is 12.2. The number of furan rings is 1. The summed E-state index contributed by atoms with van der Waals surface area (Å²) in [5, 5.41) is 26.1. The standard InChI is InChI=1S/C17H13BrN4O7S2/c18-11-4-10(16(23)14(5-11)22(25)26)6-19-21-17(24)13-7-30-15(20-13)9-31(27,28)8-12-2-1-3-29-12/h1-7,23H,8-9H2,(H,21,24). The van der Waals surface area contributed by atoms with E-state index < -0.39 is 32.1 Å². The molecule has 0 bridgehead atoms. The van der Waals surface area contributed by atoms with E-state index in [4.69, 9.17) is 4.42 Å². The number of nitro groups is 1. The molecule has 0 spiro atoms. The molecule has 14 heteroatoms. The summed E-state index contributed by atoms with van der Waals surface area (Å²) in [4.78, 5) is 26.3. The Kier molecular flexibility index (Phi) is 6.82. The lowest BCUT2D eigenvalue weighted by molar-refractivity contribution is -0.385. The van der Waals surface area contributed by atoms with Crippen molar-refractivity contribution in [3.05, 3.63) is 72.5 Å². The van der Waals surface area contributed by atoms with Crippen molar-refractivity contribution in [2.75, 3.05) is 0 Å². The number of nitrogens with zero attached hydrogens (tertiary/aromatic N) is 3. The lowest BCUT2D eigenvalue weighted by Crippen LogP contribution is -2.18. The molecule has 31 heavy (non-hydrogen) atoms. The van der Waals surface area contributed by atoms with E-state index in [1.165, 1.54) is 17.7 Å². The molecule has 0 aliphatic heterocycles. The maximum absolute atomic E-state index is 12.2. The molecule has 0 aliphatic rings. The molecule has 3 aromatic rings. The van der Waals surface area contributed by atoms with Gasteiger partial charge in [0.2, 0.25) is 5.75 Å². The van der Waals surface area contributed by atoms with E-state index in [1.807, 2.05) is 0 Å². The number of hydrogen-bond acceptors (Lipinski definition) is 10. The summed E-state index contributed by atoms with van der Waals surface area (Å²) >= 11 is 4.09. The summed E-state index contributed by atoms with van der Waals surface area (Å²) in [6.45, 7) is 0. The van der Waals surface area contributed by atoms with Crippen molar-refractivity contribution < 1.29 is 27.7 Å². The summed E-state index contributed by atoms with van der Waals surface area (Å²) in [6.07, 6.45) is 2.41. The van der Waals surface area contributed by atoms with Gasteiger partial charge >= 0.3 is 5.69 Å². The van der Waals surface area contributed by atoms with E-state index in [0.717, 1.165) is 23.6 Å². The zero-order chi connectivity index (χ0) is 22.6. The second kappa shape index (κ2) is 9.36. The lowest BCUT2D eigenvalue weighted by atomic mass is 10.2. The van der Waals surface area contributed by atoms with Crippen molar-refractivity contribution >= 4 is 54.9 Å². The van der Waals surface area contributed by atoms with Crippen LogP contribution in [-0.4, -0.2) is 35.6 Å². The minimum absolute atomic E-state index is 0.00404. The van der Waals surface area contributed by atoms with Crippen molar-refractivity contribution in [2.45, 2.75) is 11.5 Å². The zero-order valence-corrected chi connectivity index (χ0v) is 18.6. The number of aromatic hydroxyl groups is 1. The predicted molar refractivity (Wildman–Crippen MR) is 115 cm³/mol. The summed E-state index contributed by atoms with van der Waals surface area (Å²) in [7, 11) is -3.54. The number of hydrazone groups is 1. The molecule has 1 amide bonds. The summed E-state index contributed by atoms with van der Waals surface area (Å²) in [5.74, 6) is -1.66. The Morgan fingerprint density at radius 1 is 1.42 bits per heavy atom. The van der Waals surface area contributed by atoms with Crippen LogP contribution < -0.4 is 5.43 Å². The number of amides is 1. The van der Waals surface area contributed by atoms with Gasteiger partial charge in [0.05, 0.1) is 17.4 Å². The number of nitrogens with one attached hydrogen (secondary N) is 1. The van der Waals surface area contributed by atoms with Gasteiger partial charge in [-0.3, -0.25) is 14.9 Å². The number of carbonyl (C=O) groups is 1. The van der Waals surface area contributed by atoms with Crippen LogP contribution >= 0.6 is 27.3 Å². The number of sulfone groups is 1. The van der Waals surface area contributed by atoms with Crippen molar-refractivity contribution in [3.63, 3.8) is 0 Å². The average molecular weight is 529 g/mol. The van der Waals surface area contributed by atoms with Gasteiger partial charge in [-0.1, -0.05) is 15.9 Å². The minimum Gasteiger partial charge on any atom is -0.502 e. The molecule has 0 saturated heterocycles. The highest BCUT2D eigenvalue weighted by molar-refractivity contribution is 9.10. The Bertz CT molecular complexity index is 1250. The first-order chi connectivity index (χ1) is 14.6. The van der Waals surface area contributed by atoms with Crippen LogP contribution in [0.1, 0.15) is 26.8 Å². The highest BCUT2D eigenvalue weighted by atomic mass is 79.9. The van der Waals surface area contributed by atoms with Crippen molar-refractivity contribution in [3.8, 4) is 5.75 Å². The third kappa shape index (κ3) is 5.96. The molecule has 11 nitrogen and oxygen atoms in total. The number of rotatable bonds is 8. The Morgan fingerprint density at radius 3 is 2.87 bits per heavy atom. The van der Waals surface area contributed by atoms with Crippen LogP contribution in [0.3, 0.4) is 0 Å². The fraction of sp³-hybridized carbons (Fsp3) is 0.118. The topological polar surface area (TPSA) is 165 Å². The molecule has 2 N–H and O–H groups in total. The number of halogens is 1. The summed E-state index contributed by atoms with van der Waals surface area (Å²) in [5.41, 5.74) is 1.60. The molecule has 0 unspecified atom stereocenters. The predicted octanol–water partition coefficient (Wildman–Crippen LogP) is 2.99. The van der Waals surface area contributed by atoms with Crippen LogP contribution in [0.4, 0.5) is 5.69 Å². The molecule has 0 saturated carbocycles. The number of carbonyl (C=O) groups excluding carboxylic acids is 1. The highest BCUT2D eigenvalue weighted by Gasteiger charge is 2.20. The smallest absolute Gasteiger partial charge is 0.312 e. The van der Waals surface area contributed by atoms with Gasteiger partial charge in [-0.15, -0.1) is 11.3 Å². The number of aromatic nitrogens is 1. The Balaban J connectivity index is 1.65. The number of nitro benzene ring substituents is 1. The molecule has 0 atom stereocenters. The first-order valence-electron chi connectivity index (χ1n) is 8.32. The molecule has 162 valence electrons. The quantitative estimate of drug-likeness (QED) is 0.255. The zero-order valence-electron chi connectivity index (χ0n) is 15.4. The Hall–Kier alpha value is -3.10. The van der Waals surface area contributed by atoms with Crippen LogP contribution in [0.15, 0.2) is 49.9 Å². The van der Waals surface area contributed by atoms with Crippen LogP contribution in [0.25, 0.3) is 0 Å². The molecule has 2 aromatic heterocycles. The molecule has 0 fully saturated rings. The highest BCUT2D eigenvalue weighted by Crippen LogP contribution is 2.32. The number of phenols is 1. The largest absolute Gasteiger partial charge is 0.502 e. The van der Waals surface area contributed by atoms with Gasteiger partial charge in [-0.05, 0) is 18.2 Å². The minimum atomic E-state index is -3.54. The molecule has 3 rings (SSSR count). The van der Waals surface area contributed by atoms with E-state index in [9.17, 15) is 28.4 Å². The van der Waals surface area contributed by atoms with Gasteiger partial charge < -0.3 is 9.52 Å². The number of hydrogen-bond donors (Lipinski definition) is 2. The monoisotopic (exact) mass is 528 g/mol. The van der Waals surface area contributed by atoms with Gasteiger partial charge in [0, 0.05) is 21.5 Å². The van der Waals surface area contributed by atoms with Crippen molar-refractivity contribution in [1.82, 2.24) is 10.4 Å². The van der Waals surface area contributed by atoms with Crippen LogP contribution in [0.5, 0.6) is 5.75 Å². The fourth-order valence-electron chi connectivity index (χ4n) is 2.39. The van der Waals surface area contributed by atoms with Gasteiger partial charge in [0.15, 0.2) is 9.84 Å². The van der Waals surface area contributed by atoms with Gasteiger partial charge in [0.1, 0.15) is 28.0 Å². The second-order valence-electron chi connectivity index (χ2n) is 6.06. The first-order valence-corrected chi connectivity index (χ1v) is 11.8. The third-order valence-corrected chi connectivity index (χ3v) is 6.65. The molecule has 0 aliphatic carbocycles. The molecular weight excluding hydrogens is 516 g/mol. The molecule has 2 heterocycles. The Morgan fingerprint density at radius 2 is 2.19 bits per heavy atom. The maximum Gasteiger partial charge on any atom is 0.312 e. The van der Waals surface area contributed by atoms with E-state index in [0.29, 0.717) is 10.2 Å². The SMILES string of the molecule is O=C(NN=Cc1cc(Br)cc([N+](=O)[O-])c1O)c1csc(CS(=O)(=O)Cc2ccco2)n1. The van der Waals surface area contributed by atoms with E-state index in [1.54, 1.807) is 12.1 Å². The van der Waals surface area contributed by atoms with Gasteiger partial charge in [0.25, 0.3) is 5.91 Å². The van der Waals surface area contributed by atoms with Crippen molar-refractivity contribution in [2.24, 2.45) is 5.10 Å². The van der Waals surface area contributed by atoms with Gasteiger partial charge in [-0.25, -0.2) is 18.8 Å². The average Bonchev–Trinajstić information content (AvgIpc) is 3.35. The van der Waals surface area contributed by atoms with E-state index in [-0.39, 0.29) is 27.8 Å². The van der Waals surface area contributed by atoms with Crippen LogP contribution in [0, 0.1) is 10.1 Å². The first kappa shape index (κ1) is 22.6. The van der Waals surface area contributed by atoms with Crippen molar-refractivity contribution in [1.29, 1.82) is 0 Å². The normalized spacial score (nSPS) is 11.6. The fourth-order valence-corrected chi connectivity index (χ4v) is 5.37. The number of thiazole rings is 1. The second-order valence-corrected chi connectivity index (χ2v) is 9.98. The van der Waals surface area contributed by atoms with Gasteiger partial charge in [-0.2, -0.15) is 5.10 Å². The Labute approximate surface area is 187 Å². The van der Waals surface area contributed by atoms with E-state index in [2.05, 4.69) is 31.4 Å². The number of phenolic OH excluding ortho intramolecular Hbond substituents is 1. The molecular formula is C17H13BrN4O7S2. The van der Waals surface area contributed by atoms with Crippen LogP contribution in [0.2, 0.25) is 0 Å². The van der Waals surface area contributed by atoms with E-state index >= 15 is 0 Å². The number of benzene rings is 1. The lowest BCUT2D eigenvalue weighted by Gasteiger charge is -2.02. The molecule has 0 radical (unpaired) electrons.